The quantitative estimate of drug-likeness (QED) is 0.344. The highest BCUT2D eigenvalue weighted by molar-refractivity contribution is 4.98. The molecule has 0 aliphatic carbocycles. The van der Waals surface area contributed by atoms with Gasteiger partial charge in [-0.15, -0.1) is 11.8 Å². The van der Waals surface area contributed by atoms with Crippen LogP contribution in [-0.2, 0) is 9.47 Å². The summed E-state index contributed by atoms with van der Waals surface area (Å²) in [7, 11) is 1.64. The minimum Gasteiger partial charge on any atom is -0.396 e. The molecule has 0 spiro atoms. The van der Waals surface area contributed by atoms with Crippen molar-refractivity contribution in [2.24, 2.45) is 0 Å². The minimum atomic E-state index is 0.250. The molecule has 0 atom stereocenters. The summed E-state index contributed by atoms with van der Waals surface area (Å²) in [6.07, 6.45) is 8.65. The largest absolute Gasteiger partial charge is 0.396 e. The average Bonchev–Trinajstić information content (AvgIpc) is 2.35. The second kappa shape index (κ2) is 15.4. The molecule has 1 N–H and O–H groups in total. The third-order valence-corrected chi connectivity index (χ3v) is 2.38. The average molecular weight is 242 g/mol. The van der Waals surface area contributed by atoms with Crippen molar-refractivity contribution in [3.63, 3.8) is 0 Å². The monoisotopic (exact) mass is 242 g/mol. The van der Waals surface area contributed by atoms with Gasteiger partial charge >= 0.3 is 0 Å². The van der Waals surface area contributed by atoms with Crippen LogP contribution in [0.1, 0.15) is 51.4 Å². The van der Waals surface area contributed by atoms with Crippen LogP contribution >= 0.6 is 0 Å². The van der Waals surface area contributed by atoms with E-state index in [4.69, 9.17) is 14.6 Å². The lowest BCUT2D eigenvalue weighted by atomic mass is 10.1. The Labute approximate surface area is 106 Å². The van der Waals surface area contributed by atoms with E-state index in [0.29, 0.717) is 6.79 Å². The van der Waals surface area contributed by atoms with Gasteiger partial charge in [-0.05, 0) is 19.3 Å². The fourth-order valence-corrected chi connectivity index (χ4v) is 1.43. The molecular weight excluding hydrogens is 216 g/mol. The number of methoxy groups -OCH3 is 1. The molecule has 0 saturated carbocycles. The maximum absolute atomic E-state index is 8.56. The SMILES string of the molecule is COCOCCCCCCCC#CCCCO. The molecular formula is C14H26O3. The summed E-state index contributed by atoms with van der Waals surface area (Å²) < 4.78 is 9.99. The van der Waals surface area contributed by atoms with Crippen molar-refractivity contribution >= 4 is 0 Å². The van der Waals surface area contributed by atoms with Gasteiger partial charge in [0, 0.05) is 33.2 Å². The molecule has 0 radical (unpaired) electrons. The number of hydrogen-bond donors (Lipinski definition) is 1. The summed E-state index contributed by atoms with van der Waals surface area (Å²) in [5.41, 5.74) is 0. The van der Waals surface area contributed by atoms with Crippen molar-refractivity contribution < 1.29 is 14.6 Å². The van der Waals surface area contributed by atoms with E-state index >= 15 is 0 Å². The first-order chi connectivity index (χ1) is 8.41. The first-order valence-corrected chi connectivity index (χ1v) is 6.55. The van der Waals surface area contributed by atoms with Crippen LogP contribution in [0.25, 0.3) is 0 Å². The molecule has 0 aromatic carbocycles. The fraction of sp³-hybridized carbons (Fsp3) is 0.857. The zero-order valence-electron chi connectivity index (χ0n) is 11.0. The number of ether oxygens (including phenoxy) is 2. The lowest BCUT2D eigenvalue weighted by Crippen LogP contribution is -1.98. The van der Waals surface area contributed by atoms with E-state index in [1.165, 1.54) is 25.7 Å². The van der Waals surface area contributed by atoms with Crippen molar-refractivity contribution in [3.8, 4) is 11.8 Å². The molecule has 0 heterocycles. The van der Waals surface area contributed by atoms with Crippen LogP contribution < -0.4 is 0 Å². The van der Waals surface area contributed by atoms with Gasteiger partial charge in [0.25, 0.3) is 0 Å². The maximum atomic E-state index is 8.56. The van der Waals surface area contributed by atoms with E-state index in [1.807, 2.05) is 0 Å². The van der Waals surface area contributed by atoms with Crippen molar-refractivity contribution in [1.82, 2.24) is 0 Å². The molecule has 100 valence electrons. The molecule has 0 aliphatic heterocycles. The Kier molecular flexibility index (Phi) is 14.9. The lowest BCUT2D eigenvalue weighted by Gasteiger charge is -2.02. The Morgan fingerprint density at radius 1 is 0.882 bits per heavy atom. The summed E-state index contributed by atoms with van der Waals surface area (Å²) in [6.45, 7) is 1.46. The van der Waals surface area contributed by atoms with Gasteiger partial charge in [0.1, 0.15) is 6.79 Å². The fourth-order valence-electron chi connectivity index (χ4n) is 1.43. The van der Waals surface area contributed by atoms with Crippen molar-refractivity contribution in [3.05, 3.63) is 0 Å². The molecule has 0 aromatic rings. The summed E-state index contributed by atoms with van der Waals surface area (Å²) in [5.74, 6) is 6.20. The Balaban J connectivity index is 2.99. The number of hydrogen-bond acceptors (Lipinski definition) is 3. The first-order valence-electron chi connectivity index (χ1n) is 6.55. The Morgan fingerprint density at radius 3 is 2.24 bits per heavy atom. The molecule has 0 unspecified atom stereocenters. The number of rotatable bonds is 11. The zero-order valence-corrected chi connectivity index (χ0v) is 11.0. The lowest BCUT2D eigenvalue weighted by molar-refractivity contribution is -0.0315. The molecule has 0 fully saturated rings. The molecule has 0 saturated heterocycles. The molecule has 0 bridgehead atoms. The smallest absolute Gasteiger partial charge is 0.146 e. The number of aliphatic hydroxyl groups excluding tert-OH is 1. The Bertz CT molecular complexity index is 193. The van der Waals surface area contributed by atoms with Gasteiger partial charge in [0.2, 0.25) is 0 Å². The highest BCUT2D eigenvalue weighted by Crippen LogP contribution is 2.05. The van der Waals surface area contributed by atoms with Crippen molar-refractivity contribution in [2.45, 2.75) is 51.4 Å². The summed E-state index contributed by atoms with van der Waals surface area (Å²) in [5, 5.41) is 8.56. The number of aliphatic hydroxyl groups is 1. The van der Waals surface area contributed by atoms with Crippen LogP contribution in [0.3, 0.4) is 0 Å². The summed E-state index contributed by atoms with van der Waals surface area (Å²) in [4.78, 5) is 0. The topological polar surface area (TPSA) is 38.7 Å². The molecule has 17 heavy (non-hydrogen) atoms. The Morgan fingerprint density at radius 2 is 1.53 bits per heavy atom. The highest BCUT2D eigenvalue weighted by Gasteiger charge is 1.90. The molecule has 0 rings (SSSR count). The molecule has 0 aromatic heterocycles. The van der Waals surface area contributed by atoms with E-state index in [2.05, 4.69) is 11.8 Å². The number of unbranched alkanes of at least 4 members (excludes halogenated alkanes) is 6. The van der Waals surface area contributed by atoms with Gasteiger partial charge in [-0.1, -0.05) is 19.3 Å². The van der Waals surface area contributed by atoms with Crippen LogP contribution in [0, 0.1) is 11.8 Å². The predicted molar refractivity (Wildman–Crippen MR) is 69.6 cm³/mol. The molecule has 3 nitrogen and oxygen atoms in total. The zero-order chi connectivity index (χ0) is 12.6. The van der Waals surface area contributed by atoms with Crippen LogP contribution in [0.4, 0.5) is 0 Å². The maximum Gasteiger partial charge on any atom is 0.146 e. The third-order valence-electron chi connectivity index (χ3n) is 2.38. The summed E-state index contributed by atoms with van der Waals surface area (Å²) in [6, 6.07) is 0. The molecule has 0 aliphatic rings. The van der Waals surface area contributed by atoms with E-state index < -0.39 is 0 Å². The van der Waals surface area contributed by atoms with Crippen LogP contribution in [0.2, 0.25) is 0 Å². The van der Waals surface area contributed by atoms with Gasteiger partial charge in [-0.2, -0.15) is 0 Å². The predicted octanol–water partition coefficient (Wildman–Crippen LogP) is 2.72. The van der Waals surface area contributed by atoms with E-state index in [0.717, 1.165) is 32.3 Å². The molecule has 0 amide bonds. The van der Waals surface area contributed by atoms with Gasteiger partial charge in [0.05, 0.1) is 0 Å². The second-order valence-corrected chi connectivity index (χ2v) is 4.01. The standard InChI is InChI=1S/C14H26O3/c1-16-14-17-13-11-9-7-5-3-2-4-6-8-10-12-15/h15H,2-3,5,7-14H2,1H3. The van der Waals surface area contributed by atoms with Gasteiger partial charge < -0.3 is 14.6 Å². The third kappa shape index (κ3) is 15.4. The van der Waals surface area contributed by atoms with E-state index in [-0.39, 0.29) is 6.61 Å². The van der Waals surface area contributed by atoms with Gasteiger partial charge in [0.15, 0.2) is 0 Å². The molecule has 3 heteroatoms. The van der Waals surface area contributed by atoms with Crippen LogP contribution in [-0.4, -0.2) is 32.2 Å². The highest BCUT2D eigenvalue weighted by atomic mass is 16.7. The normalized spacial score (nSPS) is 10.0. The minimum absolute atomic E-state index is 0.250. The van der Waals surface area contributed by atoms with Crippen molar-refractivity contribution in [1.29, 1.82) is 0 Å². The van der Waals surface area contributed by atoms with Crippen LogP contribution in [0.5, 0.6) is 0 Å². The second-order valence-electron chi connectivity index (χ2n) is 4.01. The van der Waals surface area contributed by atoms with Crippen molar-refractivity contribution in [2.75, 3.05) is 27.1 Å². The van der Waals surface area contributed by atoms with Gasteiger partial charge in [-0.25, -0.2) is 0 Å². The first kappa shape index (κ1) is 16.4. The van der Waals surface area contributed by atoms with E-state index in [1.54, 1.807) is 7.11 Å². The summed E-state index contributed by atoms with van der Waals surface area (Å²) >= 11 is 0. The van der Waals surface area contributed by atoms with E-state index in [9.17, 15) is 0 Å². The van der Waals surface area contributed by atoms with Crippen LogP contribution in [0.15, 0.2) is 0 Å². The Hall–Kier alpha value is -0.560. The van der Waals surface area contributed by atoms with Gasteiger partial charge in [-0.3, -0.25) is 0 Å².